The van der Waals surface area contributed by atoms with Crippen molar-refractivity contribution in [3.63, 3.8) is 0 Å². The van der Waals surface area contributed by atoms with Crippen LogP contribution in [0.15, 0.2) is 24.8 Å². The Morgan fingerprint density at radius 1 is 1.42 bits per heavy atom. The summed E-state index contributed by atoms with van der Waals surface area (Å²) in [4.78, 5) is 15.9. The molecule has 1 aromatic rings. The van der Waals surface area contributed by atoms with E-state index in [4.69, 9.17) is 5.73 Å². The average Bonchev–Trinajstić information content (AvgIpc) is 2.39. The summed E-state index contributed by atoms with van der Waals surface area (Å²) in [6.07, 6.45) is 4.08. The second-order valence-corrected chi connectivity index (χ2v) is 4.93. The number of halogens is 1. The average molecular weight is 330 g/mol. The second kappa shape index (κ2) is 9.55. The molecule has 0 spiro atoms. The van der Waals surface area contributed by atoms with Gasteiger partial charge in [-0.3, -0.25) is 0 Å². The zero-order valence-electron chi connectivity index (χ0n) is 11.8. The van der Waals surface area contributed by atoms with E-state index in [1.165, 1.54) is 32.4 Å². The Kier molecular flexibility index (Phi) is 8.87. The molecule has 0 saturated heterocycles. The topological polar surface area (TPSA) is 55.3 Å². The molecule has 0 fully saturated rings. The zero-order chi connectivity index (χ0) is 14.8. The first-order chi connectivity index (χ1) is 8.97. The molecule has 1 aromatic carbocycles. The number of anilines is 1. The van der Waals surface area contributed by atoms with E-state index in [0.29, 0.717) is 20.8 Å². The number of nitrogen functional groups attached to an aromatic ring is 1. The van der Waals surface area contributed by atoms with Crippen LogP contribution in [0.5, 0.6) is 0 Å². The Labute approximate surface area is 123 Å². The molecule has 0 aliphatic heterocycles. The van der Waals surface area contributed by atoms with Gasteiger partial charge in [-0.15, -0.1) is 0 Å². The van der Waals surface area contributed by atoms with Crippen LogP contribution in [0.2, 0.25) is 0 Å². The molecule has 0 unspecified atom stereocenters. The molecule has 0 aromatic heterocycles. The molecule has 0 aliphatic rings. The molecule has 0 bridgehead atoms. The van der Waals surface area contributed by atoms with E-state index in [9.17, 15) is 4.91 Å². The molecule has 0 radical (unpaired) electrons. The van der Waals surface area contributed by atoms with Crippen LogP contribution in [0.1, 0.15) is 38.7 Å². The van der Waals surface area contributed by atoms with Gasteiger partial charge in [-0.2, -0.15) is 0 Å². The maximum atomic E-state index is 11.1. The van der Waals surface area contributed by atoms with Gasteiger partial charge in [0, 0.05) is 27.9 Å². The molecule has 2 N–H and O–H groups in total. The minimum Gasteiger partial charge on any atom is -0.398 e. The molecule has 106 valence electrons. The van der Waals surface area contributed by atoms with Gasteiger partial charge in [0.25, 0.3) is 4.92 Å². The van der Waals surface area contributed by atoms with Gasteiger partial charge in [0.05, 0.1) is 4.91 Å². The van der Waals surface area contributed by atoms with Crippen LogP contribution in [0.25, 0.3) is 4.48 Å². The fourth-order valence-corrected chi connectivity index (χ4v) is 1.73. The first-order valence-electron chi connectivity index (χ1n) is 6.23. The van der Waals surface area contributed by atoms with Crippen LogP contribution < -0.4 is 5.73 Å². The summed E-state index contributed by atoms with van der Waals surface area (Å²) in [5, 5.41) is 0. The monoisotopic (exact) mass is 329 g/mol. The van der Waals surface area contributed by atoms with E-state index in [-0.39, 0.29) is 0 Å². The van der Waals surface area contributed by atoms with Gasteiger partial charge in [-0.25, -0.2) is 4.84 Å². The minimum atomic E-state index is 0.350. The SMILES string of the molecule is C=C(Br)c1ccc([N+](=O)OC)cc1N.CCCCC. The van der Waals surface area contributed by atoms with E-state index in [1.54, 1.807) is 12.1 Å². The normalized spacial score (nSPS) is 9.26. The van der Waals surface area contributed by atoms with Crippen molar-refractivity contribution in [1.29, 1.82) is 0 Å². The lowest BCUT2D eigenvalue weighted by Gasteiger charge is -2.01. The van der Waals surface area contributed by atoms with Gasteiger partial charge >= 0.3 is 5.69 Å². The van der Waals surface area contributed by atoms with Crippen LogP contribution >= 0.6 is 15.9 Å². The standard InChI is InChI=1S/C9H10BrN2O2.C5H12/c1-6(10)8-4-3-7(5-9(8)11)12(13)14-2;1-3-5-4-2/h3-5H,1,11H2,2H3;3-5H2,1-2H3/q+1;. The molecule has 0 atom stereocenters. The van der Waals surface area contributed by atoms with E-state index >= 15 is 0 Å². The van der Waals surface area contributed by atoms with Gasteiger partial charge < -0.3 is 5.73 Å². The first-order valence-corrected chi connectivity index (χ1v) is 7.02. The van der Waals surface area contributed by atoms with E-state index in [1.807, 2.05) is 0 Å². The number of unbranched alkanes of at least 4 members (excludes halogenated alkanes) is 2. The molecule has 1 rings (SSSR count). The van der Waals surface area contributed by atoms with Crippen molar-refractivity contribution in [2.75, 3.05) is 12.8 Å². The maximum absolute atomic E-state index is 11.1. The predicted molar refractivity (Wildman–Crippen MR) is 84.3 cm³/mol. The number of nitrogens with zero attached hydrogens (tertiary/aromatic N) is 1. The molecule has 0 aliphatic carbocycles. The summed E-state index contributed by atoms with van der Waals surface area (Å²) in [6.45, 7) is 8.12. The van der Waals surface area contributed by atoms with Gasteiger partial charge in [0.1, 0.15) is 0 Å². The molecule has 0 amide bonds. The Hall–Kier alpha value is -1.36. The quantitative estimate of drug-likeness (QED) is 0.623. The van der Waals surface area contributed by atoms with Gasteiger partial charge in [0.15, 0.2) is 7.11 Å². The Bertz CT molecular complexity index is 431. The number of hydrogen-bond donors (Lipinski definition) is 1. The Morgan fingerprint density at radius 2 is 2.00 bits per heavy atom. The van der Waals surface area contributed by atoms with Crippen LogP contribution in [-0.2, 0) is 4.84 Å². The van der Waals surface area contributed by atoms with Crippen LogP contribution in [0.3, 0.4) is 0 Å². The second-order valence-electron chi connectivity index (χ2n) is 3.97. The van der Waals surface area contributed by atoms with Crippen LogP contribution in [0.4, 0.5) is 11.4 Å². The summed E-state index contributed by atoms with van der Waals surface area (Å²) >= 11 is 3.21. The van der Waals surface area contributed by atoms with Gasteiger partial charge in [-0.05, 0) is 6.07 Å². The Morgan fingerprint density at radius 3 is 2.32 bits per heavy atom. The zero-order valence-corrected chi connectivity index (χ0v) is 13.4. The Balaban J connectivity index is 0.000000555. The molecule has 0 saturated carbocycles. The van der Waals surface area contributed by atoms with Crippen LogP contribution in [0, 0.1) is 4.91 Å². The van der Waals surface area contributed by atoms with Crippen molar-refractivity contribution in [3.05, 3.63) is 35.2 Å². The van der Waals surface area contributed by atoms with Gasteiger partial charge in [-0.1, -0.05) is 55.6 Å². The third kappa shape index (κ3) is 6.38. The van der Waals surface area contributed by atoms with Crippen molar-refractivity contribution >= 4 is 31.8 Å². The third-order valence-electron chi connectivity index (χ3n) is 2.41. The van der Waals surface area contributed by atoms with Crippen molar-refractivity contribution in [2.45, 2.75) is 33.1 Å². The third-order valence-corrected chi connectivity index (χ3v) is 2.84. The van der Waals surface area contributed by atoms with Crippen LogP contribution in [-0.4, -0.2) is 12.0 Å². The van der Waals surface area contributed by atoms with Crippen molar-refractivity contribution in [2.24, 2.45) is 0 Å². The molecule has 0 heterocycles. The predicted octanol–water partition coefficient (Wildman–Crippen LogP) is 4.80. The highest BCUT2D eigenvalue weighted by Crippen LogP contribution is 2.28. The lowest BCUT2D eigenvalue weighted by Crippen LogP contribution is -1.99. The first kappa shape index (κ1) is 17.6. The highest BCUT2D eigenvalue weighted by molar-refractivity contribution is 9.15. The summed E-state index contributed by atoms with van der Waals surface area (Å²) in [5.41, 5.74) is 7.29. The molecule has 19 heavy (non-hydrogen) atoms. The molecule has 4 nitrogen and oxygen atoms in total. The minimum absolute atomic E-state index is 0.350. The highest BCUT2D eigenvalue weighted by atomic mass is 79.9. The number of rotatable bonds is 5. The maximum Gasteiger partial charge on any atom is 0.318 e. The fourth-order valence-electron chi connectivity index (χ4n) is 1.37. The van der Waals surface area contributed by atoms with Gasteiger partial charge in [0.2, 0.25) is 0 Å². The number of nitrogens with two attached hydrogens (primary N) is 1. The van der Waals surface area contributed by atoms with Crippen molar-refractivity contribution in [1.82, 2.24) is 0 Å². The van der Waals surface area contributed by atoms with E-state index in [0.717, 1.165) is 5.56 Å². The smallest absolute Gasteiger partial charge is 0.318 e. The summed E-state index contributed by atoms with van der Waals surface area (Å²) < 4.78 is 0.677. The highest BCUT2D eigenvalue weighted by Gasteiger charge is 2.15. The summed E-state index contributed by atoms with van der Waals surface area (Å²) in [5.74, 6) is 0. The summed E-state index contributed by atoms with van der Waals surface area (Å²) in [6, 6.07) is 4.83. The molecular weight excluding hydrogens is 308 g/mol. The number of hydrogen-bond acceptors (Lipinski definition) is 3. The molecule has 5 heteroatoms. The lowest BCUT2D eigenvalue weighted by molar-refractivity contribution is -0.736. The van der Waals surface area contributed by atoms with Crippen molar-refractivity contribution in [3.8, 4) is 0 Å². The lowest BCUT2D eigenvalue weighted by atomic mass is 10.1. The summed E-state index contributed by atoms with van der Waals surface area (Å²) in [7, 11) is 1.29. The largest absolute Gasteiger partial charge is 0.398 e. The van der Waals surface area contributed by atoms with Crippen molar-refractivity contribution < 1.29 is 9.76 Å². The fraction of sp³-hybridized carbons (Fsp3) is 0.429. The van der Waals surface area contributed by atoms with E-state index in [2.05, 4.69) is 41.2 Å². The number of benzene rings is 1. The molecular formula is C14H22BrN2O2+. The van der Waals surface area contributed by atoms with E-state index < -0.39 is 0 Å².